The molecule has 0 amide bonds. The standard InChI is InChI=1S/C3H3F3O3S/c4-3(5,6)2(7)1-10(8)9/h1H2,(H,8,9)/p-1. The molecular formula is C3H2F3O3S-. The number of hydrogen-bond donors (Lipinski definition) is 0. The quantitative estimate of drug-likeness (QED) is 0.555. The Kier molecular flexibility index (Phi) is 2.97. The minimum atomic E-state index is -5.04. The third kappa shape index (κ3) is 3.57. The zero-order valence-electron chi connectivity index (χ0n) is 4.47. The molecule has 0 aliphatic rings. The normalized spacial score (nSPS) is 14.8. The summed E-state index contributed by atoms with van der Waals surface area (Å²) in [6.07, 6.45) is -5.04. The van der Waals surface area contributed by atoms with E-state index in [2.05, 4.69) is 0 Å². The molecule has 0 saturated heterocycles. The maximum absolute atomic E-state index is 11.2. The Labute approximate surface area is 56.5 Å². The summed E-state index contributed by atoms with van der Waals surface area (Å²) >= 11 is -2.96. The summed E-state index contributed by atoms with van der Waals surface area (Å²) in [5.41, 5.74) is 0. The van der Waals surface area contributed by atoms with E-state index in [-0.39, 0.29) is 0 Å². The van der Waals surface area contributed by atoms with Crippen LogP contribution in [0.3, 0.4) is 0 Å². The minimum absolute atomic E-state index is 1.50. The van der Waals surface area contributed by atoms with Gasteiger partial charge < -0.3 is 4.55 Å². The van der Waals surface area contributed by atoms with Crippen molar-refractivity contribution in [3.05, 3.63) is 0 Å². The van der Waals surface area contributed by atoms with Gasteiger partial charge in [-0.25, -0.2) is 0 Å². The molecule has 7 heteroatoms. The lowest BCUT2D eigenvalue weighted by Crippen LogP contribution is -2.27. The molecule has 0 heterocycles. The van der Waals surface area contributed by atoms with Gasteiger partial charge in [0.25, 0.3) is 0 Å². The molecule has 0 rings (SSSR count). The summed E-state index contributed by atoms with van der Waals surface area (Å²) < 4.78 is 52.6. The van der Waals surface area contributed by atoms with E-state index >= 15 is 0 Å². The van der Waals surface area contributed by atoms with E-state index in [1.807, 2.05) is 0 Å². The van der Waals surface area contributed by atoms with Crippen LogP contribution < -0.4 is 0 Å². The van der Waals surface area contributed by atoms with E-state index in [9.17, 15) is 26.7 Å². The molecule has 0 spiro atoms. The van der Waals surface area contributed by atoms with Gasteiger partial charge in [0.15, 0.2) is 0 Å². The number of carbonyl (C=O) groups excluding carboxylic acids is 1. The third-order valence-electron chi connectivity index (χ3n) is 0.565. The predicted octanol–water partition coefficient (Wildman–Crippen LogP) is -0.00310. The van der Waals surface area contributed by atoms with Gasteiger partial charge in [-0.15, -0.1) is 0 Å². The lowest BCUT2D eigenvalue weighted by Gasteiger charge is -2.05. The zero-order chi connectivity index (χ0) is 8.36. The van der Waals surface area contributed by atoms with Gasteiger partial charge in [-0.1, -0.05) is 0 Å². The number of hydrogen-bond acceptors (Lipinski definition) is 3. The number of rotatable bonds is 2. The van der Waals surface area contributed by atoms with Crippen LogP contribution in [0, 0.1) is 0 Å². The summed E-state index contributed by atoms with van der Waals surface area (Å²) in [6.45, 7) is 0. The maximum Gasteiger partial charge on any atom is 0.450 e. The fourth-order valence-corrected chi connectivity index (χ4v) is 0.567. The maximum atomic E-state index is 11.2. The lowest BCUT2D eigenvalue weighted by atomic mass is 10.4. The van der Waals surface area contributed by atoms with Crippen molar-refractivity contribution < 1.29 is 26.7 Å². The van der Waals surface area contributed by atoms with E-state index in [4.69, 9.17) is 0 Å². The second-order valence-electron chi connectivity index (χ2n) is 1.37. The van der Waals surface area contributed by atoms with E-state index in [0.29, 0.717) is 0 Å². The van der Waals surface area contributed by atoms with Gasteiger partial charge >= 0.3 is 6.18 Å². The molecule has 10 heavy (non-hydrogen) atoms. The number of alkyl halides is 3. The average molecular weight is 175 g/mol. The minimum Gasteiger partial charge on any atom is -0.772 e. The number of carbonyl (C=O) groups is 1. The van der Waals surface area contributed by atoms with Crippen LogP contribution in [-0.4, -0.2) is 26.5 Å². The first-order valence-electron chi connectivity index (χ1n) is 2.00. The molecule has 1 atom stereocenters. The van der Waals surface area contributed by atoms with Crippen molar-refractivity contribution in [1.29, 1.82) is 0 Å². The highest BCUT2D eigenvalue weighted by atomic mass is 32.2. The molecule has 60 valence electrons. The number of halogens is 3. The molecule has 0 aromatic rings. The Balaban J connectivity index is 3.99. The monoisotopic (exact) mass is 175 g/mol. The molecule has 0 bridgehead atoms. The van der Waals surface area contributed by atoms with Crippen LogP contribution in [0.5, 0.6) is 0 Å². The van der Waals surface area contributed by atoms with Crippen molar-refractivity contribution in [3.63, 3.8) is 0 Å². The van der Waals surface area contributed by atoms with Crippen molar-refractivity contribution in [3.8, 4) is 0 Å². The van der Waals surface area contributed by atoms with Gasteiger partial charge in [0.05, 0.1) is 5.75 Å². The van der Waals surface area contributed by atoms with Crippen molar-refractivity contribution >= 4 is 16.9 Å². The topological polar surface area (TPSA) is 57.2 Å². The van der Waals surface area contributed by atoms with Crippen LogP contribution in [0.15, 0.2) is 0 Å². The number of ketones is 1. The first-order chi connectivity index (χ1) is 4.34. The second-order valence-corrected chi connectivity index (χ2v) is 2.27. The van der Waals surface area contributed by atoms with Crippen LogP contribution in [0.2, 0.25) is 0 Å². The Hall–Kier alpha value is -0.430. The summed E-state index contributed by atoms with van der Waals surface area (Å²) in [5.74, 6) is -3.75. The predicted molar refractivity (Wildman–Crippen MR) is 24.8 cm³/mol. The summed E-state index contributed by atoms with van der Waals surface area (Å²) in [7, 11) is 0. The van der Waals surface area contributed by atoms with Gasteiger partial charge in [0.2, 0.25) is 5.78 Å². The third-order valence-corrected chi connectivity index (χ3v) is 1.06. The Morgan fingerprint density at radius 3 is 2.00 bits per heavy atom. The van der Waals surface area contributed by atoms with Crippen LogP contribution in [0.1, 0.15) is 0 Å². The molecule has 0 aromatic carbocycles. The van der Waals surface area contributed by atoms with Crippen LogP contribution in [0.4, 0.5) is 13.2 Å². The van der Waals surface area contributed by atoms with Gasteiger partial charge in [-0.2, -0.15) is 13.2 Å². The first kappa shape index (κ1) is 9.57. The molecule has 3 nitrogen and oxygen atoms in total. The van der Waals surface area contributed by atoms with Gasteiger partial charge in [-0.3, -0.25) is 9.00 Å². The fraction of sp³-hybridized carbons (Fsp3) is 0.667. The SMILES string of the molecule is O=C(CS(=O)[O-])C(F)(F)F. The Bertz CT molecular complexity index is 163. The zero-order valence-corrected chi connectivity index (χ0v) is 5.29. The molecule has 1 unspecified atom stereocenters. The molecule has 0 N–H and O–H groups in total. The van der Waals surface area contributed by atoms with Gasteiger partial charge in [-0.05, 0) is 11.1 Å². The van der Waals surface area contributed by atoms with Crippen molar-refractivity contribution in [1.82, 2.24) is 0 Å². The van der Waals surface area contributed by atoms with Gasteiger partial charge in [0, 0.05) is 0 Å². The smallest absolute Gasteiger partial charge is 0.450 e. The van der Waals surface area contributed by atoms with E-state index in [1.165, 1.54) is 0 Å². The average Bonchev–Trinajstić information content (AvgIpc) is 1.60. The highest BCUT2D eigenvalue weighted by Gasteiger charge is 2.37. The Morgan fingerprint density at radius 2 is 1.90 bits per heavy atom. The molecule has 0 aromatic heterocycles. The number of Topliss-reactive ketones (excluding diaryl/α,β-unsaturated/α-hetero) is 1. The van der Waals surface area contributed by atoms with E-state index < -0.39 is 28.8 Å². The molecule has 0 fully saturated rings. The lowest BCUT2D eigenvalue weighted by molar-refractivity contribution is -0.168. The highest BCUT2D eigenvalue weighted by molar-refractivity contribution is 7.79. The molecule has 0 saturated carbocycles. The van der Waals surface area contributed by atoms with Crippen LogP contribution in [-0.2, 0) is 15.9 Å². The van der Waals surface area contributed by atoms with Crippen molar-refractivity contribution in [2.24, 2.45) is 0 Å². The van der Waals surface area contributed by atoms with E-state index in [0.717, 1.165) is 0 Å². The summed E-state index contributed by atoms with van der Waals surface area (Å²) in [6, 6.07) is 0. The van der Waals surface area contributed by atoms with Crippen LogP contribution >= 0.6 is 0 Å². The van der Waals surface area contributed by atoms with Crippen LogP contribution in [0.25, 0.3) is 0 Å². The van der Waals surface area contributed by atoms with Crippen molar-refractivity contribution in [2.75, 3.05) is 5.75 Å². The summed E-state index contributed by atoms with van der Waals surface area (Å²) in [4.78, 5) is 9.76. The Morgan fingerprint density at radius 1 is 1.50 bits per heavy atom. The molecule has 0 aliphatic heterocycles. The molecular weight excluding hydrogens is 173 g/mol. The van der Waals surface area contributed by atoms with Gasteiger partial charge in [0.1, 0.15) is 0 Å². The largest absolute Gasteiger partial charge is 0.772 e. The highest BCUT2D eigenvalue weighted by Crippen LogP contribution is 2.15. The summed E-state index contributed by atoms with van der Waals surface area (Å²) in [5, 5.41) is 0. The fourth-order valence-electron chi connectivity index (χ4n) is 0.189. The molecule has 0 radical (unpaired) electrons. The van der Waals surface area contributed by atoms with Crippen molar-refractivity contribution in [2.45, 2.75) is 6.18 Å². The van der Waals surface area contributed by atoms with E-state index in [1.54, 1.807) is 0 Å². The first-order valence-corrected chi connectivity index (χ1v) is 3.24. The molecule has 0 aliphatic carbocycles. The second kappa shape index (κ2) is 3.11.